The quantitative estimate of drug-likeness (QED) is 0.853. The molecular formula is C14H16N2O2S. The van der Waals surface area contributed by atoms with Gasteiger partial charge < -0.3 is 5.11 Å². The Kier molecular flexibility index (Phi) is 4.27. The molecule has 100 valence electrons. The largest absolute Gasteiger partial charge is 0.478 e. The second-order valence-electron chi connectivity index (χ2n) is 4.24. The molecule has 2 rings (SSSR count). The molecule has 5 heteroatoms. The number of aryl methyl sites for hydroxylation is 2. The van der Waals surface area contributed by atoms with Crippen LogP contribution in [0.1, 0.15) is 21.7 Å². The van der Waals surface area contributed by atoms with E-state index in [0.29, 0.717) is 17.8 Å². The van der Waals surface area contributed by atoms with Crippen molar-refractivity contribution in [3.63, 3.8) is 0 Å². The highest BCUT2D eigenvalue weighted by atomic mass is 32.2. The molecule has 1 aromatic carbocycles. The number of nitrogens with zero attached hydrogens (tertiary/aromatic N) is 2. The average Bonchev–Trinajstić information content (AvgIpc) is 2.66. The third kappa shape index (κ3) is 3.17. The van der Waals surface area contributed by atoms with Gasteiger partial charge in [0.2, 0.25) is 0 Å². The molecule has 0 saturated carbocycles. The van der Waals surface area contributed by atoms with Crippen LogP contribution in [0.3, 0.4) is 0 Å². The van der Waals surface area contributed by atoms with E-state index in [1.54, 1.807) is 30.3 Å². The van der Waals surface area contributed by atoms with Crippen molar-refractivity contribution >= 4 is 17.7 Å². The minimum absolute atomic E-state index is 0.324. The van der Waals surface area contributed by atoms with Crippen molar-refractivity contribution in [1.82, 2.24) is 9.78 Å². The minimum Gasteiger partial charge on any atom is -0.478 e. The first kappa shape index (κ1) is 13.7. The SMILES string of the molecule is Cc1nn(CCSc2ccccc2)c(C)c1C(=O)O. The average molecular weight is 276 g/mol. The van der Waals surface area contributed by atoms with Gasteiger partial charge in [0.05, 0.1) is 17.9 Å². The molecule has 0 aliphatic carbocycles. The highest BCUT2D eigenvalue weighted by Crippen LogP contribution is 2.18. The number of carboxylic acids is 1. The number of carbonyl (C=O) groups is 1. The standard InChI is InChI=1S/C14H16N2O2S/c1-10-13(14(17)18)11(2)16(15-10)8-9-19-12-6-4-3-5-7-12/h3-7H,8-9H2,1-2H3,(H,17,18). The summed E-state index contributed by atoms with van der Waals surface area (Å²) < 4.78 is 1.77. The molecule has 0 radical (unpaired) electrons. The number of aromatic nitrogens is 2. The second-order valence-corrected chi connectivity index (χ2v) is 5.40. The first-order valence-electron chi connectivity index (χ1n) is 6.04. The molecule has 0 aliphatic rings. The zero-order valence-corrected chi connectivity index (χ0v) is 11.8. The number of benzene rings is 1. The van der Waals surface area contributed by atoms with Gasteiger partial charge in [-0.05, 0) is 26.0 Å². The zero-order valence-electron chi connectivity index (χ0n) is 11.0. The minimum atomic E-state index is -0.906. The Hall–Kier alpha value is -1.75. The van der Waals surface area contributed by atoms with Crippen molar-refractivity contribution in [3.8, 4) is 0 Å². The Balaban J connectivity index is 2.01. The van der Waals surface area contributed by atoms with Crippen molar-refractivity contribution in [1.29, 1.82) is 0 Å². The first-order chi connectivity index (χ1) is 9.09. The molecule has 0 spiro atoms. The highest BCUT2D eigenvalue weighted by molar-refractivity contribution is 7.99. The fourth-order valence-electron chi connectivity index (χ4n) is 1.99. The van der Waals surface area contributed by atoms with Crippen LogP contribution in [0, 0.1) is 13.8 Å². The number of carboxylic acid groups (broad SMARTS) is 1. The summed E-state index contributed by atoms with van der Waals surface area (Å²) in [6.07, 6.45) is 0. The van der Waals surface area contributed by atoms with Gasteiger partial charge in [0.15, 0.2) is 0 Å². The fourth-order valence-corrected chi connectivity index (χ4v) is 2.84. The molecule has 19 heavy (non-hydrogen) atoms. The number of rotatable bonds is 5. The molecule has 0 amide bonds. The van der Waals surface area contributed by atoms with Crippen molar-refractivity contribution in [2.75, 3.05) is 5.75 Å². The first-order valence-corrected chi connectivity index (χ1v) is 7.03. The Bertz CT molecular complexity index is 579. The summed E-state index contributed by atoms with van der Waals surface area (Å²) in [6, 6.07) is 10.1. The summed E-state index contributed by atoms with van der Waals surface area (Å²) in [6.45, 7) is 4.24. The van der Waals surface area contributed by atoms with E-state index in [9.17, 15) is 4.79 Å². The third-order valence-corrected chi connectivity index (χ3v) is 3.90. The molecule has 1 N–H and O–H groups in total. The van der Waals surface area contributed by atoms with Gasteiger partial charge in [-0.25, -0.2) is 4.79 Å². The Morgan fingerprint density at radius 3 is 2.58 bits per heavy atom. The molecule has 0 saturated heterocycles. The molecule has 2 aromatic rings. The van der Waals surface area contributed by atoms with E-state index in [-0.39, 0.29) is 0 Å². The lowest BCUT2D eigenvalue weighted by atomic mass is 10.2. The van der Waals surface area contributed by atoms with Gasteiger partial charge in [0, 0.05) is 10.6 Å². The van der Waals surface area contributed by atoms with E-state index >= 15 is 0 Å². The molecule has 4 nitrogen and oxygen atoms in total. The van der Waals surface area contributed by atoms with Gasteiger partial charge in [-0.2, -0.15) is 5.10 Å². The molecule has 0 fully saturated rings. The lowest BCUT2D eigenvalue weighted by molar-refractivity contribution is 0.0695. The second kappa shape index (κ2) is 5.93. The maximum absolute atomic E-state index is 11.1. The summed E-state index contributed by atoms with van der Waals surface area (Å²) in [5, 5.41) is 13.4. The van der Waals surface area contributed by atoms with Gasteiger partial charge in [0.1, 0.15) is 5.56 Å². The van der Waals surface area contributed by atoms with Crippen LogP contribution < -0.4 is 0 Å². The van der Waals surface area contributed by atoms with Crippen LogP contribution in [0.15, 0.2) is 35.2 Å². The van der Waals surface area contributed by atoms with Crippen LogP contribution in [-0.2, 0) is 6.54 Å². The Morgan fingerprint density at radius 1 is 1.32 bits per heavy atom. The summed E-state index contributed by atoms with van der Waals surface area (Å²) in [4.78, 5) is 12.3. The van der Waals surface area contributed by atoms with Crippen LogP contribution in [-0.4, -0.2) is 26.6 Å². The Labute approximate surface area is 116 Å². The van der Waals surface area contributed by atoms with Crippen LogP contribution in [0.5, 0.6) is 0 Å². The molecule has 1 aromatic heterocycles. The predicted molar refractivity (Wildman–Crippen MR) is 75.8 cm³/mol. The molecule has 0 bridgehead atoms. The van der Waals surface area contributed by atoms with Crippen molar-refractivity contribution < 1.29 is 9.90 Å². The highest BCUT2D eigenvalue weighted by Gasteiger charge is 2.17. The van der Waals surface area contributed by atoms with Crippen LogP contribution in [0.25, 0.3) is 0 Å². The van der Waals surface area contributed by atoms with Gasteiger partial charge >= 0.3 is 5.97 Å². The molecular weight excluding hydrogens is 260 g/mol. The number of thioether (sulfide) groups is 1. The smallest absolute Gasteiger partial charge is 0.339 e. The van der Waals surface area contributed by atoms with E-state index in [4.69, 9.17) is 5.11 Å². The molecule has 1 heterocycles. The van der Waals surface area contributed by atoms with E-state index in [0.717, 1.165) is 11.4 Å². The number of hydrogen-bond donors (Lipinski definition) is 1. The molecule has 0 unspecified atom stereocenters. The maximum atomic E-state index is 11.1. The van der Waals surface area contributed by atoms with Crippen LogP contribution >= 0.6 is 11.8 Å². The molecule has 0 aliphatic heterocycles. The topological polar surface area (TPSA) is 55.1 Å². The summed E-state index contributed by atoms with van der Waals surface area (Å²) >= 11 is 1.74. The van der Waals surface area contributed by atoms with E-state index in [1.165, 1.54) is 4.90 Å². The van der Waals surface area contributed by atoms with E-state index in [1.807, 2.05) is 18.2 Å². The van der Waals surface area contributed by atoms with Crippen molar-refractivity contribution in [3.05, 3.63) is 47.3 Å². The number of hydrogen-bond acceptors (Lipinski definition) is 3. The third-order valence-electron chi connectivity index (χ3n) is 2.91. The summed E-state index contributed by atoms with van der Waals surface area (Å²) in [5.74, 6) is -0.0395. The normalized spacial score (nSPS) is 10.6. The van der Waals surface area contributed by atoms with E-state index < -0.39 is 5.97 Å². The summed E-state index contributed by atoms with van der Waals surface area (Å²) in [5.41, 5.74) is 1.62. The zero-order chi connectivity index (χ0) is 13.8. The monoisotopic (exact) mass is 276 g/mol. The molecule has 0 atom stereocenters. The van der Waals surface area contributed by atoms with Gasteiger partial charge in [-0.15, -0.1) is 11.8 Å². The predicted octanol–water partition coefficient (Wildman–Crippen LogP) is 2.99. The Morgan fingerprint density at radius 2 is 2.00 bits per heavy atom. The van der Waals surface area contributed by atoms with Gasteiger partial charge in [-0.1, -0.05) is 18.2 Å². The van der Waals surface area contributed by atoms with Gasteiger partial charge in [0.25, 0.3) is 0 Å². The van der Waals surface area contributed by atoms with E-state index in [2.05, 4.69) is 17.2 Å². The van der Waals surface area contributed by atoms with Gasteiger partial charge in [-0.3, -0.25) is 4.68 Å². The maximum Gasteiger partial charge on any atom is 0.339 e. The van der Waals surface area contributed by atoms with Crippen LogP contribution in [0.2, 0.25) is 0 Å². The van der Waals surface area contributed by atoms with Crippen molar-refractivity contribution in [2.24, 2.45) is 0 Å². The van der Waals surface area contributed by atoms with Crippen LogP contribution in [0.4, 0.5) is 0 Å². The lowest BCUT2D eigenvalue weighted by Crippen LogP contribution is -2.06. The number of aromatic carboxylic acids is 1. The van der Waals surface area contributed by atoms with Crippen molar-refractivity contribution in [2.45, 2.75) is 25.3 Å². The summed E-state index contributed by atoms with van der Waals surface area (Å²) in [7, 11) is 0. The fraction of sp³-hybridized carbons (Fsp3) is 0.286. The lowest BCUT2D eigenvalue weighted by Gasteiger charge is -2.04.